The molecule has 12 heavy (non-hydrogen) atoms. The van der Waals surface area contributed by atoms with Crippen molar-refractivity contribution in [2.24, 2.45) is 5.92 Å². The fraction of sp³-hybridized carbons (Fsp3) is 0.750. The van der Waals surface area contributed by atoms with E-state index in [9.17, 15) is 4.79 Å². The number of carbonyl (C=O) groups is 1. The largest absolute Gasteiger partial charge is 0.362 e. The number of nitrogens with one attached hydrogen (secondary N) is 1. The molecule has 4 heteroatoms. The van der Waals surface area contributed by atoms with Crippen molar-refractivity contribution in [3.8, 4) is 0 Å². The van der Waals surface area contributed by atoms with Crippen molar-refractivity contribution in [3.63, 3.8) is 0 Å². The average molecular weight is 186 g/mol. The van der Waals surface area contributed by atoms with Crippen molar-refractivity contribution in [1.29, 1.82) is 0 Å². The van der Waals surface area contributed by atoms with Gasteiger partial charge < -0.3 is 5.32 Å². The SMILES string of the molecule is CC(C)CN1C(=O)CCNC1=S. The lowest BCUT2D eigenvalue weighted by Gasteiger charge is -2.29. The molecule has 0 saturated carbocycles. The monoisotopic (exact) mass is 186 g/mol. The van der Waals surface area contributed by atoms with Crippen molar-refractivity contribution in [2.75, 3.05) is 13.1 Å². The van der Waals surface area contributed by atoms with E-state index >= 15 is 0 Å². The fourth-order valence-electron chi connectivity index (χ4n) is 1.17. The molecule has 1 fully saturated rings. The second-order valence-corrected chi connectivity index (χ2v) is 3.77. The lowest BCUT2D eigenvalue weighted by molar-refractivity contribution is -0.128. The topological polar surface area (TPSA) is 32.3 Å². The van der Waals surface area contributed by atoms with E-state index in [4.69, 9.17) is 12.2 Å². The molecule has 0 spiro atoms. The number of nitrogens with zero attached hydrogens (tertiary/aromatic N) is 1. The number of rotatable bonds is 2. The van der Waals surface area contributed by atoms with E-state index in [2.05, 4.69) is 19.2 Å². The van der Waals surface area contributed by atoms with E-state index in [1.807, 2.05) is 0 Å². The van der Waals surface area contributed by atoms with Crippen LogP contribution in [-0.2, 0) is 4.79 Å². The van der Waals surface area contributed by atoms with Crippen LogP contribution in [-0.4, -0.2) is 29.0 Å². The van der Waals surface area contributed by atoms with Gasteiger partial charge in [0.2, 0.25) is 5.91 Å². The zero-order valence-electron chi connectivity index (χ0n) is 7.46. The summed E-state index contributed by atoms with van der Waals surface area (Å²) < 4.78 is 0. The van der Waals surface area contributed by atoms with Gasteiger partial charge in [-0.25, -0.2) is 0 Å². The van der Waals surface area contributed by atoms with Crippen molar-refractivity contribution in [3.05, 3.63) is 0 Å². The highest BCUT2D eigenvalue weighted by molar-refractivity contribution is 7.80. The predicted molar refractivity (Wildman–Crippen MR) is 51.8 cm³/mol. The highest BCUT2D eigenvalue weighted by atomic mass is 32.1. The zero-order chi connectivity index (χ0) is 9.14. The summed E-state index contributed by atoms with van der Waals surface area (Å²) in [5.74, 6) is 0.610. The van der Waals surface area contributed by atoms with Gasteiger partial charge in [-0.05, 0) is 18.1 Å². The second-order valence-electron chi connectivity index (χ2n) is 3.38. The Kier molecular flexibility index (Phi) is 3.03. The molecule has 0 bridgehead atoms. The predicted octanol–water partition coefficient (Wildman–Crippen LogP) is 0.749. The highest BCUT2D eigenvalue weighted by Crippen LogP contribution is 2.05. The molecule has 1 heterocycles. The Balaban J connectivity index is 2.57. The number of amides is 1. The van der Waals surface area contributed by atoms with Gasteiger partial charge in [-0.3, -0.25) is 9.69 Å². The quantitative estimate of drug-likeness (QED) is 0.646. The molecule has 0 aromatic rings. The Bertz CT molecular complexity index is 187. The smallest absolute Gasteiger partial charge is 0.230 e. The molecular weight excluding hydrogens is 172 g/mol. The first kappa shape index (κ1) is 9.45. The lowest BCUT2D eigenvalue weighted by atomic mass is 10.2. The van der Waals surface area contributed by atoms with E-state index in [0.717, 1.165) is 6.54 Å². The van der Waals surface area contributed by atoms with Gasteiger partial charge in [-0.2, -0.15) is 0 Å². The van der Waals surface area contributed by atoms with Crippen molar-refractivity contribution >= 4 is 23.2 Å². The molecule has 0 radical (unpaired) electrons. The van der Waals surface area contributed by atoms with E-state index < -0.39 is 0 Å². The fourth-order valence-corrected chi connectivity index (χ4v) is 1.45. The van der Waals surface area contributed by atoms with Crippen LogP contribution >= 0.6 is 12.2 Å². The van der Waals surface area contributed by atoms with E-state index in [0.29, 0.717) is 24.0 Å². The maximum absolute atomic E-state index is 11.3. The minimum Gasteiger partial charge on any atom is -0.362 e. The maximum atomic E-state index is 11.3. The molecule has 1 amide bonds. The van der Waals surface area contributed by atoms with Crippen molar-refractivity contribution < 1.29 is 4.79 Å². The Hall–Kier alpha value is -0.640. The summed E-state index contributed by atoms with van der Waals surface area (Å²) in [6.45, 7) is 5.56. The molecule has 0 aromatic carbocycles. The summed E-state index contributed by atoms with van der Waals surface area (Å²) in [6, 6.07) is 0. The third-order valence-corrected chi connectivity index (χ3v) is 2.07. The molecule has 1 saturated heterocycles. The molecule has 1 aliphatic heterocycles. The van der Waals surface area contributed by atoms with Gasteiger partial charge >= 0.3 is 0 Å². The molecule has 0 atom stereocenters. The highest BCUT2D eigenvalue weighted by Gasteiger charge is 2.22. The number of thiocarbonyl (C=S) groups is 1. The van der Waals surface area contributed by atoms with Crippen LogP contribution in [0.3, 0.4) is 0 Å². The number of hydrogen-bond acceptors (Lipinski definition) is 2. The summed E-state index contributed by atoms with van der Waals surface area (Å²) in [7, 11) is 0. The van der Waals surface area contributed by atoms with Gasteiger partial charge in [0.05, 0.1) is 0 Å². The van der Waals surface area contributed by atoms with E-state index in [1.54, 1.807) is 4.90 Å². The summed E-state index contributed by atoms with van der Waals surface area (Å²) in [6.07, 6.45) is 0.562. The zero-order valence-corrected chi connectivity index (χ0v) is 8.28. The second kappa shape index (κ2) is 3.85. The van der Waals surface area contributed by atoms with E-state index in [-0.39, 0.29) is 5.91 Å². The lowest BCUT2D eigenvalue weighted by Crippen LogP contribution is -2.50. The molecule has 1 rings (SSSR count). The molecular formula is C8H14N2OS. The third-order valence-electron chi connectivity index (χ3n) is 1.71. The van der Waals surface area contributed by atoms with Crippen LogP contribution in [0.2, 0.25) is 0 Å². The van der Waals surface area contributed by atoms with E-state index in [1.165, 1.54) is 0 Å². The van der Waals surface area contributed by atoms with Crippen LogP contribution < -0.4 is 5.32 Å². The van der Waals surface area contributed by atoms with Gasteiger partial charge in [-0.15, -0.1) is 0 Å². The standard InChI is InChI=1S/C8H14N2OS/c1-6(2)5-10-7(11)3-4-9-8(10)12/h6H,3-5H2,1-2H3,(H,9,12). The Morgan fingerprint density at radius 3 is 2.83 bits per heavy atom. The van der Waals surface area contributed by atoms with Gasteiger partial charge in [0, 0.05) is 19.5 Å². The Morgan fingerprint density at radius 1 is 1.67 bits per heavy atom. The van der Waals surface area contributed by atoms with Crippen LogP contribution in [0.25, 0.3) is 0 Å². The minimum atomic E-state index is 0.146. The summed E-state index contributed by atoms with van der Waals surface area (Å²) in [5.41, 5.74) is 0. The first-order chi connectivity index (χ1) is 5.61. The summed E-state index contributed by atoms with van der Waals surface area (Å²) >= 11 is 5.02. The molecule has 0 aliphatic carbocycles. The van der Waals surface area contributed by atoms with Crippen LogP contribution in [0.4, 0.5) is 0 Å². The summed E-state index contributed by atoms with van der Waals surface area (Å²) in [5, 5.41) is 3.59. The Labute approximate surface area is 78.1 Å². The van der Waals surface area contributed by atoms with Crippen LogP contribution in [0.15, 0.2) is 0 Å². The molecule has 68 valence electrons. The van der Waals surface area contributed by atoms with Gasteiger partial charge in [0.1, 0.15) is 0 Å². The molecule has 0 aromatic heterocycles. The van der Waals surface area contributed by atoms with Crippen LogP contribution in [0.5, 0.6) is 0 Å². The first-order valence-electron chi connectivity index (χ1n) is 4.19. The number of hydrogen-bond donors (Lipinski definition) is 1. The van der Waals surface area contributed by atoms with Crippen molar-refractivity contribution in [1.82, 2.24) is 10.2 Å². The molecule has 3 nitrogen and oxygen atoms in total. The number of carbonyl (C=O) groups excluding carboxylic acids is 1. The molecule has 1 aliphatic rings. The third kappa shape index (κ3) is 2.17. The minimum absolute atomic E-state index is 0.146. The molecule has 0 unspecified atom stereocenters. The van der Waals surface area contributed by atoms with Gasteiger partial charge in [0.25, 0.3) is 0 Å². The molecule has 1 N–H and O–H groups in total. The van der Waals surface area contributed by atoms with Crippen LogP contribution in [0, 0.1) is 5.92 Å². The van der Waals surface area contributed by atoms with Gasteiger partial charge in [0.15, 0.2) is 5.11 Å². The average Bonchev–Trinajstić information content (AvgIpc) is 1.97. The Morgan fingerprint density at radius 2 is 2.33 bits per heavy atom. The van der Waals surface area contributed by atoms with Crippen LogP contribution in [0.1, 0.15) is 20.3 Å². The van der Waals surface area contributed by atoms with Crippen molar-refractivity contribution in [2.45, 2.75) is 20.3 Å². The van der Waals surface area contributed by atoms with Gasteiger partial charge in [-0.1, -0.05) is 13.8 Å². The first-order valence-corrected chi connectivity index (χ1v) is 4.60. The normalized spacial score (nSPS) is 18.4. The maximum Gasteiger partial charge on any atom is 0.230 e. The summed E-state index contributed by atoms with van der Waals surface area (Å²) in [4.78, 5) is 13.0.